The average molecular weight is 357 g/mol. The maximum atomic E-state index is 12.7. The van der Waals surface area contributed by atoms with E-state index in [1.807, 2.05) is 23.8 Å². The average Bonchev–Trinajstić information content (AvgIpc) is 3.20. The molecule has 1 aromatic heterocycles. The number of nitrogens with zero attached hydrogens (tertiary/aromatic N) is 2. The van der Waals surface area contributed by atoms with Gasteiger partial charge in [0.05, 0.1) is 6.61 Å². The van der Waals surface area contributed by atoms with Crippen LogP contribution < -0.4 is 0 Å². The Balaban J connectivity index is 2.15. The zero-order valence-electron chi connectivity index (χ0n) is 12.5. The predicted molar refractivity (Wildman–Crippen MR) is 83.2 cm³/mol. The van der Waals surface area contributed by atoms with Crippen molar-refractivity contribution in [2.24, 2.45) is 0 Å². The Morgan fingerprint density at radius 3 is 2.71 bits per heavy atom. The van der Waals surface area contributed by atoms with E-state index in [1.54, 1.807) is 11.8 Å². The van der Waals surface area contributed by atoms with Crippen LogP contribution in [0.3, 0.4) is 0 Å². The smallest absolute Gasteiger partial charge is 0.325 e. The van der Waals surface area contributed by atoms with E-state index < -0.39 is 0 Å². The summed E-state index contributed by atoms with van der Waals surface area (Å²) in [6.45, 7) is 4.64. The zero-order valence-corrected chi connectivity index (χ0v) is 14.1. The molecule has 2 rings (SSSR count). The van der Waals surface area contributed by atoms with Crippen LogP contribution in [0, 0.1) is 0 Å². The van der Waals surface area contributed by atoms with Crippen molar-refractivity contribution in [2.75, 3.05) is 19.7 Å². The topological polar surface area (TPSA) is 51.5 Å². The van der Waals surface area contributed by atoms with Crippen molar-refractivity contribution in [3.63, 3.8) is 0 Å². The first-order chi connectivity index (χ1) is 10.1. The lowest BCUT2D eigenvalue weighted by molar-refractivity contribution is -0.143. The summed E-state index contributed by atoms with van der Waals surface area (Å²) in [4.78, 5) is 26.0. The minimum Gasteiger partial charge on any atom is -0.465 e. The fourth-order valence-electron chi connectivity index (χ4n) is 2.32. The molecule has 1 amide bonds. The largest absolute Gasteiger partial charge is 0.465 e. The van der Waals surface area contributed by atoms with Gasteiger partial charge < -0.3 is 14.2 Å². The van der Waals surface area contributed by atoms with Gasteiger partial charge in [-0.25, -0.2) is 0 Å². The summed E-state index contributed by atoms with van der Waals surface area (Å²) < 4.78 is 7.86. The van der Waals surface area contributed by atoms with Crippen molar-refractivity contribution < 1.29 is 14.3 Å². The first-order valence-corrected chi connectivity index (χ1v) is 8.18. The summed E-state index contributed by atoms with van der Waals surface area (Å²) in [5.41, 5.74) is 0.641. The van der Waals surface area contributed by atoms with Crippen molar-refractivity contribution in [2.45, 2.75) is 39.2 Å². The van der Waals surface area contributed by atoms with E-state index in [-0.39, 0.29) is 18.4 Å². The highest BCUT2D eigenvalue weighted by atomic mass is 79.9. The third-order valence-corrected chi connectivity index (χ3v) is 3.81. The van der Waals surface area contributed by atoms with Gasteiger partial charge in [-0.1, -0.05) is 6.92 Å². The molecule has 0 atom stereocenters. The lowest BCUT2D eigenvalue weighted by Crippen LogP contribution is -2.38. The first-order valence-electron chi connectivity index (χ1n) is 7.39. The molecule has 0 saturated heterocycles. The molecule has 0 N–H and O–H groups in total. The van der Waals surface area contributed by atoms with Gasteiger partial charge in [0.25, 0.3) is 5.91 Å². The van der Waals surface area contributed by atoms with Gasteiger partial charge in [-0.05, 0) is 48.2 Å². The standard InChI is InChI=1S/C15H21BrN2O3/c1-3-7-17(10-14(19)21-4-2)15(20)13-8-11(16)9-18(13)12-5-6-12/h8-9,12H,3-7,10H2,1-2H3. The minimum absolute atomic E-state index is 0.00792. The molecule has 0 spiro atoms. The molecule has 116 valence electrons. The minimum atomic E-state index is -0.358. The van der Waals surface area contributed by atoms with Crippen molar-refractivity contribution in [1.82, 2.24) is 9.47 Å². The van der Waals surface area contributed by atoms with Crippen LogP contribution in [0.1, 0.15) is 49.6 Å². The predicted octanol–water partition coefficient (Wildman–Crippen LogP) is 3.00. The summed E-state index contributed by atoms with van der Waals surface area (Å²) in [7, 11) is 0. The second-order valence-electron chi connectivity index (χ2n) is 5.21. The van der Waals surface area contributed by atoms with E-state index in [4.69, 9.17) is 4.74 Å². The molecule has 1 fully saturated rings. The van der Waals surface area contributed by atoms with Crippen LogP contribution in [-0.4, -0.2) is 41.0 Å². The molecular formula is C15H21BrN2O3. The Bertz CT molecular complexity index is 523. The molecule has 1 aliphatic rings. The Morgan fingerprint density at radius 1 is 1.43 bits per heavy atom. The van der Waals surface area contributed by atoms with E-state index in [9.17, 15) is 9.59 Å². The van der Waals surface area contributed by atoms with Gasteiger partial charge in [-0.15, -0.1) is 0 Å². The first kappa shape index (κ1) is 16.1. The number of halogens is 1. The summed E-state index contributed by atoms with van der Waals surface area (Å²) in [6.07, 6.45) is 4.95. The van der Waals surface area contributed by atoms with Crippen LogP contribution in [0.4, 0.5) is 0 Å². The molecule has 1 heterocycles. The number of hydrogen-bond acceptors (Lipinski definition) is 3. The van der Waals surface area contributed by atoms with Gasteiger partial charge in [-0.3, -0.25) is 9.59 Å². The quantitative estimate of drug-likeness (QED) is 0.705. The summed E-state index contributed by atoms with van der Waals surface area (Å²) in [6, 6.07) is 2.25. The Kier molecular flexibility index (Phi) is 5.45. The molecule has 0 aliphatic heterocycles. The second-order valence-corrected chi connectivity index (χ2v) is 6.13. The van der Waals surface area contributed by atoms with Crippen LogP contribution in [0.15, 0.2) is 16.7 Å². The van der Waals surface area contributed by atoms with E-state index in [1.165, 1.54) is 0 Å². The van der Waals surface area contributed by atoms with Gasteiger partial charge in [0.1, 0.15) is 12.2 Å². The van der Waals surface area contributed by atoms with Gasteiger partial charge in [0, 0.05) is 23.3 Å². The molecular weight excluding hydrogens is 336 g/mol. The fraction of sp³-hybridized carbons (Fsp3) is 0.600. The van der Waals surface area contributed by atoms with Crippen molar-refractivity contribution in [3.8, 4) is 0 Å². The van der Waals surface area contributed by atoms with Crippen LogP contribution >= 0.6 is 15.9 Å². The number of rotatable bonds is 7. The van der Waals surface area contributed by atoms with E-state index in [2.05, 4.69) is 15.9 Å². The maximum absolute atomic E-state index is 12.7. The van der Waals surface area contributed by atoms with Crippen LogP contribution in [-0.2, 0) is 9.53 Å². The monoisotopic (exact) mass is 356 g/mol. The zero-order chi connectivity index (χ0) is 15.4. The number of ether oxygens (including phenoxy) is 1. The van der Waals surface area contributed by atoms with Crippen LogP contribution in [0.2, 0.25) is 0 Å². The van der Waals surface area contributed by atoms with E-state index in [0.717, 1.165) is 23.7 Å². The van der Waals surface area contributed by atoms with Crippen LogP contribution in [0.5, 0.6) is 0 Å². The number of amides is 1. The SMILES string of the molecule is CCCN(CC(=O)OCC)C(=O)c1cc(Br)cn1C1CC1. The second kappa shape index (κ2) is 7.11. The molecule has 0 bridgehead atoms. The molecule has 0 unspecified atom stereocenters. The molecule has 1 aromatic rings. The number of carbonyl (C=O) groups is 2. The molecule has 1 aliphatic carbocycles. The van der Waals surface area contributed by atoms with Crippen molar-refractivity contribution >= 4 is 27.8 Å². The number of aromatic nitrogens is 1. The summed E-state index contributed by atoms with van der Waals surface area (Å²) >= 11 is 3.43. The normalized spacial score (nSPS) is 14.0. The number of esters is 1. The molecule has 1 saturated carbocycles. The van der Waals surface area contributed by atoms with Crippen molar-refractivity contribution in [3.05, 3.63) is 22.4 Å². The van der Waals surface area contributed by atoms with Gasteiger partial charge in [0.2, 0.25) is 0 Å². The Morgan fingerprint density at radius 2 is 2.14 bits per heavy atom. The highest BCUT2D eigenvalue weighted by molar-refractivity contribution is 9.10. The third-order valence-electron chi connectivity index (χ3n) is 3.38. The fourth-order valence-corrected chi connectivity index (χ4v) is 2.76. The molecule has 5 nitrogen and oxygen atoms in total. The van der Waals surface area contributed by atoms with E-state index >= 15 is 0 Å². The lowest BCUT2D eigenvalue weighted by atomic mass is 10.3. The number of carbonyl (C=O) groups excluding carboxylic acids is 2. The highest BCUT2D eigenvalue weighted by Gasteiger charge is 2.30. The summed E-state index contributed by atoms with van der Waals surface area (Å²) in [5, 5.41) is 0. The van der Waals surface area contributed by atoms with Gasteiger partial charge in [-0.2, -0.15) is 0 Å². The molecule has 21 heavy (non-hydrogen) atoms. The Labute approximate surface area is 133 Å². The third kappa shape index (κ3) is 4.09. The highest BCUT2D eigenvalue weighted by Crippen LogP contribution is 2.37. The molecule has 6 heteroatoms. The molecule has 0 aromatic carbocycles. The summed E-state index contributed by atoms with van der Waals surface area (Å²) in [5.74, 6) is -0.467. The number of hydrogen-bond donors (Lipinski definition) is 0. The molecule has 0 radical (unpaired) electrons. The van der Waals surface area contributed by atoms with Crippen molar-refractivity contribution in [1.29, 1.82) is 0 Å². The van der Waals surface area contributed by atoms with Gasteiger partial charge in [0.15, 0.2) is 0 Å². The van der Waals surface area contributed by atoms with E-state index in [0.29, 0.717) is 24.9 Å². The Hall–Kier alpha value is -1.30. The van der Waals surface area contributed by atoms with Crippen LogP contribution in [0.25, 0.3) is 0 Å². The maximum Gasteiger partial charge on any atom is 0.325 e. The van der Waals surface area contributed by atoms with Gasteiger partial charge >= 0.3 is 5.97 Å². The lowest BCUT2D eigenvalue weighted by Gasteiger charge is -2.21.